The molecule has 1 saturated carbocycles. The van der Waals surface area contributed by atoms with Crippen molar-refractivity contribution in [3.63, 3.8) is 0 Å². The van der Waals surface area contributed by atoms with E-state index in [0.717, 1.165) is 44.3 Å². The fraction of sp³-hybridized carbons (Fsp3) is 0.562. The zero-order valence-electron chi connectivity index (χ0n) is 11.9. The molecule has 0 unspecified atom stereocenters. The minimum Gasteiger partial charge on any atom is -0.355 e. The van der Waals surface area contributed by atoms with Crippen LogP contribution in [0.2, 0.25) is 5.02 Å². The van der Waals surface area contributed by atoms with Gasteiger partial charge >= 0.3 is 0 Å². The second-order valence-electron chi connectivity index (χ2n) is 6.15. The summed E-state index contributed by atoms with van der Waals surface area (Å²) in [4.78, 5) is 12.2. The Bertz CT molecular complexity index is 539. The lowest BCUT2D eigenvalue weighted by Gasteiger charge is -2.24. The highest BCUT2D eigenvalue weighted by molar-refractivity contribution is 6.31. The van der Waals surface area contributed by atoms with Crippen molar-refractivity contribution in [2.75, 3.05) is 19.6 Å². The van der Waals surface area contributed by atoms with Gasteiger partial charge in [0.1, 0.15) is 5.82 Å². The lowest BCUT2D eigenvalue weighted by molar-refractivity contribution is -0.125. The largest absolute Gasteiger partial charge is 0.355 e. The molecule has 0 bridgehead atoms. The van der Waals surface area contributed by atoms with Gasteiger partial charge in [-0.25, -0.2) is 4.39 Å². The van der Waals surface area contributed by atoms with Gasteiger partial charge in [-0.05, 0) is 56.5 Å². The highest BCUT2D eigenvalue weighted by atomic mass is 35.5. The predicted molar refractivity (Wildman–Crippen MR) is 80.9 cm³/mol. The summed E-state index contributed by atoms with van der Waals surface area (Å²) in [5, 5.41) is 6.80. The van der Waals surface area contributed by atoms with Crippen LogP contribution in [0, 0.1) is 11.7 Å². The molecule has 1 saturated heterocycles. The number of rotatable bonds is 4. The molecule has 3 nitrogen and oxygen atoms in total. The molecule has 1 aliphatic carbocycles. The van der Waals surface area contributed by atoms with E-state index in [2.05, 4.69) is 10.6 Å². The molecule has 114 valence electrons. The highest BCUT2D eigenvalue weighted by Gasteiger charge is 2.45. The molecular weight excluding hydrogens is 291 g/mol. The van der Waals surface area contributed by atoms with Gasteiger partial charge in [-0.15, -0.1) is 0 Å². The van der Waals surface area contributed by atoms with Gasteiger partial charge < -0.3 is 10.6 Å². The Labute approximate surface area is 129 Å². The van der Waals surface area contributed by atoms with Crippen molar-refractivity contribution in [1.29, 1.82) is 0 Å². The Morgan fingerprint density at radius 3 is 2.71 bits per heavy atom. The second kappa shape index (κ2) is 5.93. The molecular formula is C16H20ClFN2O. The first-order chi connectivity index (χ1) is 10.1. The van der Waals surface area contributed by atoms with E-state index in [1.54, 1.807) is 6.07 Å². The Morgan fingerprint density at radius 1 is 1.38 bits per heavy atom. The van der Waals surface area contributed by atoms with Gasteiger partial charge in [0.25, 0.3) is 0 Å². The Balaban J connectivity index is 1.62. The number of hydrogen-bond acceptors (Lipinski definition) is 2. The van der Waals surface area contributed by atoms with E-state index in [9.17, 15) is 9.18 Å². The van der Waals surface area contributed by atoms with E-state index in [1.165, 1.54) is 12.1 Å². The third kappa shape index (κ3) is 3.22. The molecule has 2 N–H and O–H groups in total. The first-order valence-corrected chi connectivity index (χ1v) is 7.92. The van der Waals surface area contributed by atoms with Crippen LogP contribution in [0.1, 0.15) is 31.2 Å². The third-order valence-electron chi connectivity index (χ3n) is 4.67. The van der Waals surface area contributed by atoms with Gasteiger partial charge in [0.2, 0.25) is 5.91 Å². The molecule has 21 heavy (non-hydrogen) atoms. The maximum absolute atomic E-state index is 13.2. The predicted octanol–water partition coefficient (Wildman–Crippen LogP) is 2.63. The lowest BCUT2D eigenvalue weighted by atomic mass is 9.94. The molecule has 1 amide bonds. The molecule has 2 aliphatic rings. The van der Waals surface area contributed by atoms with Crippen LogP contribution in [0.15, 0.2) is 18.2 Å². The average Bonchev–Trinajstić information content (AvgIpc) is 3.26. The van der Waals surface area contributed by atoms with Crippen LogP contribution in [0.25, 0.3) is 0 Å². The summed E-state index contributed by atoms with van der Waals surface area (Å²) in [6.07, 6.45) is 3.78. The minimum atomic E-state index is -0.321. The first-order valence-electron chi connectivity index (χ1n) is 7.55. The summed E-state index contributed by atoms with van der Waals surface area (Å²) in [7, 11) is 0. The quantitative estimate of drug-likeness (QED) is 0.897. The van der Waals surface area contributed by atoms with E-state index in [1.807, 2.05) is 0 Å². The van der Waals surface area contributed by atoms with Crippen LogP contribution < -0.4 is 10.6 Å². The van der Waals surface area contributed by atoms with E-state index in [-0.39, 0.29) is 23.1 Å². The number of carbonyl (C=O) groups excluding carboxylic acids is 1. The lowest BCUT2D eigenvalue weighted by Crippen LogP contribution is -2.41. The first kappa shape index (κ1) is 14.8. The third-order valence-corrected chi connectivity index (χ3v) is 4.98. The number of benzene rings is 1. The van der Waals surface area contributed by atoms with Crippen molar-refractivity contribution in [2.24, 2.45) is 5.92 Å². The van der Waals surface area contributed by atoms with Crippen LogP contribution in [0.5, 0.6) is 0 Å². The Kier molecular flexibility index (Phi) is 4.18. The zero-order valence-corrected chi connectivity index (χ0v) is 12.7. The second-order valence-corrected chi connectivity index (χ2v) is 6.55. The summed E-state index contributed by atoms with van der Waals surface area (Å²) in [5.41, 5.74) is 0.865. The standard InChI is InChI=1S/C16H20ClFN2O/c17-14-9-12(18)1-2-13(14)16(5-6-16)10-20-15(21)11-3-7-19-8-4-11/h1-2,9,11,19H,3-8,10H2,(H,20,21). The zero-order chi connectivity index (χ0) is 14.9. The number of carbonyl (C=O) groups is 1. The van der Waals surface area contributed by atoms with Crippen molar-refractivity contribution in [3.8, 4) is 0 Å². The topological polar surface area (TPSA) is 41.1 Å². The summed E-state index contributed by atoms with van der Waals surface area (Å²) < 4.78 is 13.2. The Hall–Kier alpha value is -1.13. The van der Waals surface area contributed by atoms with E-state index >= 15 is 0 Å². The van der Waals surface area contributed by atoms with Gasteiger partial charge in [0, 0.05) is 22.9 Å². The van der Waals surface area contributed by atoms with E-state index in [4.69, 9.17) is 11.6 Å². The highest BCUT2D eigenvalue weighted by Crippen LogP contribution is 2.50. The van der Waals surface area contributed by atoms with Gasteiger partial charge in [0.15, 0.2) is 0 Å². The molecule has 1 aromatic rings. The Morgan fingerprint density at radius 2 is 2.10 bits per heavy atom. The number of piperidine rings is 1. The normalized spacial score (nSPS) is 21.0. The van der Waals surface area contributed by atoms with E-state index < -0.39 is 0 Å². The van der Waals surface area contributed by atoms with Crippen molar-refractivity contribution >= 4 is 17.5 Å². The fourth-order valence-corrected chi connectivity index (χ4v) is 3.46. The van der Waals surface area contributed by atoms with Gasteiger partial charge in [-0.2, -0.15) is 0 Å². The van der Waals surface area contributed by atoms with Gasteiger partial charge in [-0.1, -0.05) is 17.7 Å². The summed E-state index contributed by atoms with van der Waals surface area (Å²) in [6, 6.07) is 4.54. The van der Waals surface area contributed by atoms with Crippen molar-refractivity contribution in [2.45, 2.75) is 31.1 Å². The maximum atomic E-state index is 13.2. The van der Waals surface area contributed by atoms with Crippen molar-refractivity contribution in [3.05, 3.63) is 34.6 Å². The molecule has 2 fully saturated rings. The summed E-state index contributed by atoms with van der Waals surface area (Å²) in [6.45, 7) is 2.42. The fourth-order valence-electron chi connectivity index (χ4n) is 3.10. The molecule has 0 atom stereocenters. The molecule has 0 radical (unpaired) electrons. The molecule has 1 aliphatic heterocycles. The molecule has 1 heterocycles. The van der Waals surface area contributed by atoms with Gasteiger partial charge in [-0.3, -0.25) is 4.79 Å². The number of hydrogen-bond donors (Lipinski definition) is 2. The van der Waals surface area contributed by atoms with Crippen LogP contribution >= 0.6 is 11.6 Å². The molecule has 3 rings (SSSR count). The van der Waals surface area contributed by atoms with Crippen LogP contribution in [-0.4, -0.2) is 25.5 Å². The molecule has 1 aromatic carbocycles. The van der Waals surface area contributed by atoms with Gasteiger partial charge in [0.05, 0.1) is 0 Å². The smallest absolute Gasteiger partial charge is 0.223 e. The molecule has 0 aromatic heterocycles. The van der Waals surface area contributed by atoms with Crippen LogP contribution in [-0.2, 0) is 10.2 Å². The summed E-state index contributed by atoms with van der Waals surface area (Å²) >= 11 is 6.16. The SMILES string of the molecule is O=C(NCC1(c2ccc(F)cc2Cl)CC1)C1CCNCC1. The number of amides is 1. The molecule has 5 heteroatoms. The number of halogens is 2. The van der Waals surface area contributed by atoms with Crippen LogP contribution in [0.4, 0.5) is 4.39 Å². The van der Waals surface area contributed by atoms with Crippen molar-refractivity contribution in [1.82, 2.24) is 10.6 Å². The monoisotopic (exact) mass is 310 g/mol. The summed E-state index contributed by atoms with van der Waals surface area (Å²) in [5.74, 6) is -0.0648. The molecule has 0 spiro atoms. The average molecular weight is 311 g/mol. The van der Waals surface area contributed by atoms with Crippen LogP contribution in [0.3, 0.4) is 0 Å². The van der Waals surface area contributed by atoms with Crippen molar-refractivity contribution < 1.29 is 9.18 Å². The number of nitrogens with one attached hydrogen (secondary N) is 2. The minimum absolute atomic E-state index is 0.0899. The van der Waals surface area contributed by atoms with E-state index in [0.29, 0.717) is 11.6 Å². The maximum Gasteiger partial charge on any atom is 0.223 e.